The van der Waals surface area contributed by atoms with Crippen LogP contribution in [0.3, 0.4) is 0 Å². The highest BCUT2D eigenvalue weighted by molar-refractivity contribution is 7.80. The van der Waals surface area contributed by atoms with Crippen molar-refractivity contribution in [2.24, 2.45) is 0 Å². The SMILES string of the molecule is O=[N+]([O-])c1cccc(S)c1.OCC1CO1. The van der Waals surface area contributed by atoms with Crippen LogP contribution < -0.4 is 0 Å². The Morgan fingerprint density at radius 1 is 1.67 bits per heavy atom. The fourth-order valence-corrected chi connectivity index (χ4v) is 0.998. The molecule has 1 saturated heterocycles. The number of epoxide rings is 1. The number of thiol groups is 1. The van der Waals surface area contributed by atoms with Gasteiger partial charge < -0.3 is 9.84 Å². The maximum Gasteiger partial charge on any atom is 0.270 e. The molecule has 0 bridgehead atoms. The van der Waals surface area contributed by atoms with E-state index in [9.17, 15) is 10.1 Å². The second kappa shape index (κ2) is 5.69. The minimum absolute atomic E-state index is 0.0764. The third-order valence-electron chi connectivity index (χ3n) is 1.65. The Kier molecular flexibility index (Phi) is 4.54. The zero-order valence-electron chi connectivity index (χ0n) is 7.87. The predicted molar refractivity (Wildman–Crippen MR) is 57.2 cm³/mol. The lowest BCUT2D eigenvalue weighted by Gasteiger charge is -1.90. The Balaban J connectivity index is 0.000000187. The summed E-state index contributed by atoms with van der Waals surface area (Å²) in [6.07, 6.45) is 0.190. The molecule has 0 saturated carbocycles. The number of aliphatic hydroxyl groups excluding tert-OH is 1. The Hall–Kier alpha value is -1.11. The van der Waals surface area contributed by atoms with Gasteiger partial charge in [-0.2, -0.15) is 0 Å². The summed E-state index contributed by atoms with van der Waals surface area (Å²) in [5.74, 6) is 0. The van der Waals surface area contributed by atoms with Gasteiger partial charge in [-0.25, -0.2) is 0 Å². The molecule has 5 nitrogen and oxygen atoms in total. The molecule has 2 rings (SSSR count). The molecule has 1 aliphatic heterocycles. The molecule has 1 unspecified atom stereocenters. The van der Waals surface area contributed by atoms with Crippen molar-refractivity contribution < 1.29 is 14.8 Å². The van der Waals surface area contributed by atoms with Gasteiger partial charge in [-0.1, -0.05) is 6.07 Å². The third-order valence-corrected chi connectivity index (χ3v) is 1.92. The van der Waals surface area contributed by atoms with Crippen LogP contribution in [-0.2, 0) is 4.74 Å². The van der Waals surface area contributed by atoms with E-state index < -0.39 is 4.92 Å². The van der Waals surface area contributed by atoms with Gasteiger partial charge in [-0.15, -0.1) is 12.6 Å². The maximum absolute atomic E-state index is 10.1. The number of aliphatic hydroxyl groups is 1. The first kappa shape index (κ1) is 12.0. The number of nitro groups is 1. The topological polar surface area (TPSA) is 75.9 Å². The van der Waals surface area contributed by atoms with Gasteiger partial charge in [-0.05, 0) is 6.07 Å². The molecule has 0 radical (unpaired) electrons. The van der Waals surface area contributed by atoms with E-state index in [0.717, 1.165) is 6.61 Å². The largest absolute Gasteiger partial charge is 0.394 e. The maximum atomic E-state index is 10.1. The molecule has 1 aromatic rings. The van der Waals surface area contributed by atoms with Crippen LogP contribution in [0.5, 0.6) is 0 Å². The lowest BCUT2D eigenvalue weighted by Crippen LogP contribution is -1.88. The number of hydrogen-bond donors (Lipinski definition) is 2. The zero-order valence-corrected chi connectivity index (χ0v) is 8.76. The van der Waals surface area contributed by atoms with E-state index in [4.69, 9.17) is 5.11 Å². The molecule has 0 aliphatic carbocycles. The van der Waals surface area contributed by atoms with E-state index >= 15 is 0 Å². The molecule has 1 fully saturated rings. The van der Waals surface area contributed by atoms with Gasteiger partial charge in [0.15, 0.2) is 0 Å². The van der Waals surface area contributed by atoms with Crippen LogP contribution in [0.4, 0.5) is 5.69 Å². The van der Waals surface area contributed by atoms with Crippen molar-refractivity contribution in [3.63, 3.8) is 0 Å². The van der Waals surface area contributed by atoms with Crippen molar-refractivity contribution in [3.05, 3.63) is 34.4 Å². The molecule has 1 atom stereocenters. The van der Waals surface area contributed by atoms with Gasteiger partial charge >= 0.3 is 0 Å². The molecule has 15 heavy (non-hydrogen) atoms. The number of nitrogens with zero attached hydrogens (tertiary/aromatic N) is 1. The second-order valence-electron chi connectivity index (χ2n) is 2.91. The first-order valence-corrected chi connectivity index (χ1v) is 4.74. The van der Waals surface area contributed by atoms with Crippen molar-refractivity contribution in [3.8, 4) is 0 Å². The second-order valence-corrected chi connectivity index (χ2v) is 3.43. The number of ether oxygens (including phenoxy) is 1. The summed E-state index contributed by atoms with van der Waals surface area (Å²) in [6, 6.07) is 6.12. The predicted octanol–water partition coefficient (Wildman–Crippen LogP) is 1.26. The summed E-state index contributed by atoms with van der Waals surface area (Å²) < 4.78 is 4.61. The highest BCUT2D eigenvalue weighted by Crippen LogP contribution is 2.14. The minimum atomic E-state index is -0.445. The number of benzene rings is 1. The quantitative estimate of drug-likeness (QED) is 0.346. The van der Waals surface area contributed by atoms with E-state index in [1.54, 1.807) is 12.1 Å². The molecule has 0 amide bonds. The van der Waals surface area contributed by atoms with Crippen molar-refractivity contribution in [2.45, 2.75) is 11.0 Å². The fraction of sp³-hybridized carbons (Fsp3) is 0.333. The summed E-state index contributed by atoms with van der Waals surface area (Å²) in [5, 5.41) is 18.2. The molecule has 0 aromatic heterocycles. The zero-order chi connectivity index (χ0) is 11.3. The first-order valence-electron chi connectivity index (χ1n) is 4.29. The van der Waals surface area contributed by atoms with E-state index in [-0.39, 0.29) is 18.4 Å². The Morgan fingerprint density at radius 2 is 2.33 bits per heavy atom. The van der Waals surface area contributed by atoms with Crippen molar-refractivity contribution >= 4 is 18.3 Å². The van der Waals surface area contributed by atoms with Gasteiger partial charge in [0, 0.05) is 17.0 Å². The van der Waals surface area contributed by atoms with Crippen LogP contribution in [0.25, 0.3) is 0 Å². The molecular weight excluding hydrogens is 218 g/mol. The Morgan fingerprint density at radius 3 is 2.60 bits per heavy atom. The molecule has 1 N–H and O–H groups in total. The summed E-state index contributed by atoms with van der Waals surface area (Å²) in [5.41, 5.74) is 0.0764. The third kappa shape index (κ3) is 4.78. The van der Waals surface area contributed by atoms with Crippen LogP contribution in [0.1, 0.15) is 0 Å². The highest BCUT2D eigenvalue weighted by atomic mass is 32.1. The number of hydrogen-bond acceptors (Lipinski definition) is 5. The summed E-state index contributed by atoms with van der Waals surface area (Å²) >= 11 is 3.94. The van der Waals surface area contributed by atoms with E-state index in [0.29, 0.717) is 4.90 Å². The van der Waals surface area contributed by atoms with Gasteiger partial charge in [0.25, 0.3) is 5.69 Å². The molecule has 82 valence electrons. The lowest BCUT2D eigenvalue weighted by atomic mass is 10.3. The van der Waals surface area contributed by atoms with Crippen molar-refractivity contribution in [1.29, 1.82) is 0 Å². The van der Waals surface area contributed by atoms with Crippen LogP contribution in [0.2, 0.25) is 0 Å². The standard InChI is InChI=1S/C6H5NO2S.C3H6O2/c8-7(9)5-2-1-3-6(10)4-5;4-1-3-2-5-3/h1-4,10H;3-4H,1-2H2. The molecule has 1 aromatic carbocycles. The van der Waals surface area contributed by atoms with Gasteiger partial charge in [-0.3, -0.25) is 10.1 Å². The van der Waals surface area contributed by atoms with Gasteiger partial charge in [0.1, 0.15) is 6.10 Å². The smallest absolute Gasteiger partial charge is 0.270 e. The van der Waals surface area contributed by atoms with Crippen LogP contribution in [-0.4, -0.2) is 29.3 Å². The van der Waals surface area contributed by atoms with Gasteiger partial charge in [0.05, 0.1) is 18.1 Å². The monoisotopic (exact) mass is 229 g/mol. The van der Waals surface area contributed by atoms with Crippen molar-refractivity contribution in [1.82, 2.24) is 0 Å². The molecule has 0 spiro atoms. The number of nitro benzene ring substituents is 1. The number of rotatable bonds is 2. The Bertz CT molecular complexity index is 341. The van der Waals surface area contributed by atoms with E-state index in [1.807, 2.05) is 0 Å². The average Bonchev–Trinajstić information content (AvgIpc) is 3.01. The summed E-state index contributed by atoms with van der Waals surface area (Å²) in [4.78, 5) is 10.3. The normalized spacial score (nSPS) is 17.6. The van der Waals surface area contributed by atoms with Crippen molar-refractivity contribution in [2.75, 3.05) is 13.2 Å². The average molecular weight is 229 g/mol. The molecule has 1 heterocycles. The molecular formula is C9H11NO4S. The summed E-state index contributed by atoms with van der Waals surface area (Å²) in [6.45, 7) is 0.955. The van der Waals surface area contributed by atoms with Crippen LogP contribution in [0.15, 0.2) is 29.2 Å². The fourth-order valence-electron chi connectivity index (χ4n) is 0.780. The lowest BCUT2D eigenvalue weighted by molar-refractivity contribution is -0.385. The van der Waals surface area contributed by atoms with E-state index in [2.05, 4.69) is 17.4 Å². The summed E-state index contributed by atoms with van der Waals surface area (Å²) in [7, 11) is 0. The minimum Gasteiger partial charge on any atom is -0.394 e. The molecule has 1 aliphatic rings. The van der Waals surface area contributed by atoms with E-state index in [1.165, 1.54) is 12.1 Å². The highest BCUT2D eigenvalue weighted by Gasteiger charge is 2.19. The van der Waals surface area contributed by atoms with Crippen LogP contribution >= 0.6 is 12.6 Å². The molecule has 6 heteroatoms. The van der Waals surface area contributed by atoms with Gasteiger partial charge in [0.2, 0.25) is 0 Å². The van der Waals surface area contributed by atoms with Crippen LogP contribution in [0, 0.1) is 10.1 Å². The first-order chi connectivity index (χ1) is 7.13. The Labute approximate surface area is 92.2 Å². The number of non-ortho nitro benzene ring substituents is 1.